The number of amides is 2. The summed E-state index contributed by atoms with van der Waals surface area (Å²) >= 11 is 0. The molecular formula is C25H34N2O4. The van der Waals surface area contributed by atoms with E-state index in [1.54, 1.807) is 18.9 Å². The first-order valence-electron chi connectivity index (χ1n) is 10.9. The van der Waals surface area contributed by atoms with Crippen LogP contribution in [0.15, 0.2) is 48.5 Å². The van der Waals surface area contributed by atoms with E-state index in [1.807, 2.05) is 48.5 Å². The zero-order valence-electron chi connectivity index (χ0n) is 19.0. The number of ether oxygens (including phenoxy) is 2. The second-order valence-electron chi connectivity index (χ2n) is 7.48. The van der Waals surface area contributed by atoms with Gasteiger partial charge in [0.15, 0.2) is 6.61 Å². The zero-order chi connectivity index (χ0) is 22.6. The molecular weight excluding hydrogens is 392 g/mol. The Hall–Kier alpha value is -3.02. The molecule has 1 N–H and O–H groups in total. The third-order valence-corrected chi connectivity index (χ3v) is 5.18. The molecule has 2 aromatic rings. The van der Waals surface area contributed by atoms with Gasteiger partial charge in [0.05, 0.1) is 7.11 Å². The maximum absolute atomic E-state index is 13.1. The lowest BCUT2D eigenvalue weighted by molar-refractivity contribution is -0.142. The Balaban J connectivity index is 2.11. The monoisotopic (exact) mass is 426 g/mol. The number of aryl methyl sites for hydroxylation is 1. The van der Waals surface area contributed by atoms with Gasteiger partial charge < -0.3 is 19.7 Å². The van der Waals surface area contributed by atoms with Gasteiger partial charge in [0.1, 0.15) is 17.5 Å². The van der Waals surface area contributed by atoms with E-state index in [1.165, 1.54) is 5.56 Å². The van der Waals surface area contributed by atoms with Crippen molar-refractivity contribution < 1.29 is 19.1 Å². The lowest BCUT2D eigenvalue weighted by atomic mass is 10.1. The smallest absolute Gasteiger partial charge is 0.261 e. The topological polar surface area (TPSA) is 67.9 Å². The van der Waals surface area contributed by atoms with Gasteiger partial charge in [0.2, 0.25) is 5.91 Å². The highest BCUT2D eigenvalue weighted by Crippen LogP contribution is 2.17. The Morgan fingerprint density at radius 2 is 1.77 bits per heavy atom. The standard InChI is InChI=1S/C25H34N2O4/c1-5-7-15-26-25(29)19(3)27(17-21-9-8-10-23(16-21)30-4)24(28)18-31-22-13-11-20(6-2)12-14-22/h8-14,16,19H,5-7,15,17-18H2,1-4H3,(H,26,29)/t19-/m0/s1. The molecule has 0 aromatic heterocycles. The number of rotatable bonds is 12. The minimum absolute atomic E-state index is 0.137. The summed E-state index contributed by atoms with van der Waals surface area (Å²) in [6.07, 6.45) is 2.84. The van der Waals surface area contributed by atoms with Crippen molar-refractivity contribution in [2.75, 3.05) is 20.3 Å². The number of hydrogen-bond acceptors (Lipinski definition) is 4. The van der Waals surface area contributed by atoms with Gasteiger partial charge >= 0.3 is 0 Å². The quantitative estimate of drug-likeness (QED) is 0.522. The predicted molar refractivity (Wildman–Crippen MR) is 122 cm³/mol. The SMILES string of the molecule is CCCCNC(=O)[C@H](C)N(Cc1cccc(OC)c1)C(=O)COc1ccc(CC)cc1. The van der Waals surface area contributed by atoms with Crippen LogP contribution >= 0.6 is 0 Å². The maximum Gasteiger partial charge on any atom is 0.261 e. The van der Waals surface area contributed by atoms with Gasteiger partial charge in [0.25, 0.3) is 5.91 Å². The average molecular weight is 427 g/mol. The number of hydrogen-bond donors (Lipinski definition) is 1. The fraction of sp³-hybridized carbons (Fsp3) is 0.440. The summed E-state index contributed by atoms with van der Waals surface area (Å²) < 4.78 is 11.0. The average Bonchev–Trinajstić information content (AvgIpc) is 2.81. The van der Waals surface area contributed by atoms with Crippen LogP contribution in [-0.2, 0) is 22.6 Å². The van der Waals surface area contributed by atoms with E-state index in [0.29, 0.717) is 18.0 Å². The molecule has 0 aliphatic heterocycles. The lowest BCUT2D eigenvalue weighted by Gasteiger charge is -2.29. The van der Waals surface area contributed by atoms with Gasteiger partial charge in [-0.25, -0.2) is 0 Å². The van der Waals surface area contributed by atoms with E-state index in [4.69, 9.17) is 9.47 Å². The fourth-order valence-corrected chi connectivity index (χ4v) is 3.14. The van der Waals surface area contributed by atoms with Crippen molar-refractivity contribution in [1.82, 2.24) is 10.2 Å². The maximum atomic E-state index is 13.1. The summed E-state index contributed by atoms with van der Waals surface area (Å²) in [5, 5.41) is 2.92. The summed E-state index contributed by atoms with van der Waals surface area (Å²) in [4.78, 5) is 27.3. The van der Waals surface area contributed by atoms with Crippen LogP contribution in [0.2, 0.25) is 0 Å². The van der Waals surface area contributed by atoms with Crippen molar-refractivity contribution in [3.8, 4) is 11.5 Å². The van der Waals surface area contributed by atoms with E-state index in [2.05, 4.69) is 19.2 Å². The molecule has 6 nitrogen and oxygen atoms in total. The number of methoxy groups -OCH3 is 1. The molecule has 168 valence electrons. The Morgan fingerprint density at radius 3 is 2.42 bits per heavy atom. The largest absolute Gasteiger partial charge is 0.497 e. The zero-order valence-corrected chi connectivity index (χ0v) is 19.0. The van der Waals surface area contributed by atoms with Gasteiger partial charge in [-0.2, -0.15) is 0 Å². The molecule has 0 radical (unpaired) electrons. The predicted octanol–water partition coefficient (Wildman–Crippen LogP) is 3.97. The molecule has 0 heterocycles. The fourth-order valence-electron chi connectivity index (χ4n) is 3.14. The minimum atomic E-state index is -0.623. The second kappa shape index (κ2) is 12.6. The third kappa shape index (κ3) is 7.63. The van der Waals surface area contributed by atoms with Crippen molar-refractivity contribution in [2.24, 2.45) is 0 Å². The number of carbonyl (C=O) groups excluding carboxylic acids is 2. The van der Waals surface area contributed by atoms with Crippen molar-refractivity contribution in [3.05, 3.63) is 59.7 Å². The van der Waals surface area contributed by atoms with Gasteiger partial charge in [-0.3, -0.25) is 9.59 Å². The number of unbranched alkanes of at least 4 members (excludes halogenated alkanes) is 1. The summed E-state index contributed by atoms with van der Waals surface area (Å²) in [6, 6.07) is 14.6. The molecule has 0 fully saturated rings. The molecule has 2 rings (SSSR count). The van der Waals surface area contributed by atoms with Crippen LogP contribution in [0.1, 0.15) is 44.7 Å². The number of carbonyl (C=O) groups is 2. The van der Waals surface area contributed by atoms with Crippen molar-refractivity contribution in [3.63, 3.8) is 0 Å². The first-order valence-corrected chi connectivity index (χ1v) is 10.9. The van der Waals surface area contributed by atoms with E-state index in [9.17, 15) is 9.59 Å². The van der Waals surface area contributed by atoms with Crippen molar-refractivity contribution in [1.29, 1.82) is 0 Å². The normalized spacial score (nSPS) is 11.5. The third-order valence-electron chi connectivity index (χ3n) is 5.18. The van der Waals surface area contributed by atoms with Crippen molar-refractivity contribution >= 4 is 11.8 Å². The molecule has 0 unspecified atom stereocenters. The molecule has 6 heteroatoms. The molecule has 2 aromatic carbocycles. The van der Waals surface area contributed by atoms with E-state index in [0.717, 1.165) is 24.8 Å². The number of nitrogens with one attached hydrogen (secondary N) is 1. The molecule has 0 spiro atoms. The Morgan fingerprint density at radius 1 is 1.03 bits per heavy atom. The van der Waals surface area contributed by atoms with Crippen LogP contribution in [0.25, 0.3) is 0 Å². The second-order valence-corrected chi connectivity index (χ2v) is 7.48. The molecule has 2 amide bonds. The molecule has 1 atom stereocenters. The summed E-state index contributed by atoms with van der Waals surface area (Å²) in [5.74, 6) is 0.918. The van der Waals surface area contributed by atoms with Crippen LogP contribution in [0.3, 0.4) is 0 Å². The first-order chi connectivity index (χ1) is 15.0. The number of nitrogens with zero attached hydrogens (tertiary/aromatic N) is 1. The lowest BCUT2D eigenvalue weighted by Crippen LogP contribution is -2.49. The van der Waals surface area contributed by atoms with Crippen molar-refractivity contribution in [2.45, 2.75) is 52.6 Å². The molecule has 31 heavy (non-hydrogen) atoms. The molecule has 0 aliphatic carbocycles. The van der Waals surface area contributed by atoms with E-state index >= 15 is 0 Å². The van der Waals surface area contributed by atoms with Gasteiger partial charge in [-0.05, 0) is 55.2 Å². The van der Waals surface area contributed by atoms with Crippen LogP contribution in [0.4, 0.5) is 0 Å². The molecule has 0 bridgehead atoms. The van der Waals surface area contributed by atoms with Crippen LogP contribution < -0.4 is 14.8 Å². The molecule has 0 aliphatic rings. The Kier molecular flexibility index (Phi) is 9.88. The van der Waals surface area contributed by atoms with Gasteiger partial charge in [-0.1, -0.05) is 44.5 Å². The van der Waals surface area contributed by atoms with Gasteiger partial charge in [0, 0.05) is 13.1 Å². The highest BCUT2D eigenvalue weighted by atomic mass is 16.5. The summed E-state index contributed by atoms with van der Waals surface area (Å²) in [5.41, 5.74) is 2.09. The van der Waals surface area contributed by atoms with Crippen LogP contribution in [0, 0.1) is 0 Å². The highest BCUT2D eigenvalue weighted by Gasteiger charge is 2.26. The number of benzene rings is 2. The van der Waals surface area contributed by atoms with Crippen LogP contribution in [-0.4, -0.2) is 43.0 Å². The summed E-state index contributed by atoms with van der Waals surface area (Å²) in [6.45, 7) is 6.65. The van der Waals surface area contributed by atoms with Gasteiger partial charge in [-0.15, -0.1) is 0 Å². The molecule has 0 saturated carbocycles. The van der Waals surface area contributed by atoms with Crippen LogP contribution in [0.5, 0.6) is 11.5 Å². The van der Waals surface area contributed by atoms with E-state index < -0.39 is 6.04 Å². The van der Waals surface area contributed by atoms with E-state index in [-0.39, 0.29) is 25.0 Å². The molecule has 0 saturated heterocycles. The minimum Gasteiger partial charge on any atom is -0.497 e. The Bertz CT molecular complexity index is 836. The Labute approximate surface area is 185 Å². The summed E-state index contributed by atoms with van der Waals surface area (Å²) in [7, 11) is 1.60. The highest BCUT2D eigenvalue weighted by molar-refractivity contribution is 5.87. The first kappa shape index (κ1) is 24.3.